The van der Waals surface area contributed by atoms with Crippen molar-refractivity contribution >= 4 is 15.8 Å². The quantitative estimate of drug-likeness (QED) is 0.895. The fraction of sp³-hybridized carbons (Fsp3) is 0.182. The van der Waals surface area contributed by atoms with Crippen LogP contribution in [-0.2, 0) is 10.0 Å². The number of aromatic nitrogens is 1. The van der Waals surface area contributed by atoms with Crippen LogP contribution in [-0.4, -0.2) is 20.2 Å². The lowest BCUT2D eigenvalue weighted by molar-refractivity contribution is 0.340. The normalized spacial score (nSPS) is 11.2. The molecule has 1 aromatic heterocycles. The first kappa shape index (κ1) is 12.4. The van der Waals surface area contributed by atoms with Crippen molar-refractivity contribution in [3.63, 3.8) is 0 Å². The zero-order valence-corrected chi connectivity index (χ0v) is 10.5. The smallest absolute Gasteiger partial charge is 0.263 e. The maximum absolute atomic E-state index is 11.9. The Bertz CT molecular complexity index is 590. The summed E-state index contributed by atoms with van der Waals surface area (Å²) >= 11 is 0. The van der Waals surface area contributed by atoms with Crippen molar-refractivity contribution in [3.8, 4) is 5.75 Å². The molecule has 18 heavy (non-hydrogen) atoms. The van der Waals surface area contributed by atoms with E-state index in [1.54, 1.807) is 12.1 Å². The molecule has 0 fully saturated rings. The average molecular weight is 268 g/mol. The molecule has 7 heteroatoms. The lowest BCUT2D eigenvalue weighted by atomic mass is 10.3. The van der Waals surface area contributed by atoms with Gasteiger partial charge in [0.05, 0.1) is 11.5 Å². The van der Waals surface area contributed by atoms with Gasteiger partial charge in [-0.05, 0) is 31.2 Å². The first-order chi connectivity index (χ1) is 8.62. The van der Waals surface area contributed by atoms with Gasteiger partial charge in [-0.15, -0.1) is 0 Å². The van der Waals surface area contributed by atoms with Gasteiger partial charge in [0.2, 0.25) is 0 Å². The highest BCUT2D eigenvalue weighted by Crippen LogP contribution is 2.18. The molecule has 2 rings (SSSR count). The number of hydrogen-bond acceptors (Lipinski definition) is 5. The minimum Gasteiger partial charge on any atom is -0.494 e. The SMILES string of the molecule is CCOc1ccc(S(=O)(=O)Nc2ccon2)cc1. The Morgan fingerprint density at radius 2 is 2.00 bits per heavy atom. The molecule has 1 N–H and O–H groups in total. The van der Waals surface area contributed by atoms with Crippen LogP contribution in [0, 0.1) is 0 Å². The summed E-state index contributed by atoms with van der Waals surface area (Å²) in [6.45, 7) is 2.39. The summed E-state index contributed by atoms with van der Waals surface area (Å²) in [5.74, 6) is 0.766. The van der Waals surface area contributed by atoms with Gasteiger partial charge in [-0.25, -0.2) is 8.42 Å². The van der Waals surface area contributed by atoms with Gasteiger partial charge >= 0.3 is 0 Å². The lowest BCUT2D eigenvalue weighted by Gasteiger charge is -2.06. The Morgan fingerprint density at radius 1 is 1.28 bits per heavy atom. The minimum atomic E-state index is -3.64. The van der Waals surface area contributed by atoms with Crippen LogP contribution in [0.4, 0.5) is 5.82 Å². The molecule has 96 valence electrons. The Balaban J connectivity index is 2.19. The van der Waals surface area contributed by atoms with Crippen molar-refractivity contribution in [2.45, 2.75) is 11.8 Å². The highest BCUT2D eigenvalue weighted by molar-refractivity contribution is 7.92. The fourth-order valence-electron chi connectivity index (χ4n) is 1.34. The summed E-state index contributed by atoms with van der Waals surface area (Å²) in [6, 6.07) is 7.55. The molecule has 0 amide bonds. The van der Waals surface area contributed by atoms with Crippen LogP contribution in [0.2, 0.25) is 0 Å². The van der Waals surface area contributed by atoms with E-state index >= 15 is 0 Å². The Labute approximate surface area is 105 Å². The summed E-state index contributed by atoms with van der Waals surface area (Å²) in [4.78, 5) is 0.133. The Hall–Kier alpha value is -2.02. The number of hydrogen-bond donors (Lipinski definition) is 1. The van der Waals surface area contributed by atoms with E-state index in [1.165, 1.54) is 24.5 Å². The summed E-state index contributed by atoms with van der Waals surface area (Å²) < 4.78 is 35.9. The zero-order valence-electron chi connectivity index (χ0n) is 9.66. The second-order valence-electron chi connectivity index (χ2n) is 3.39. The number of nitrogens with zero attached hydrogens (tertiary/aromatic N) is 1. The molecule has 6 nitrogen and oxygen atoms in total. The lowest BCUT2D eigenvalue weighted by Crippen LogP contribution is -2.13. The van der Waals surface area contributed by atoms with Crippen molar-refractivity contribution < 1.29 is 17.7 Å². The second kappa shape index (κ2) is 5.09. The van der Waals surface area contributed by atoms with E-state index in [-0.39, 0.29) is 10.7 Å². The molecule has 0 atom stereocenters. The topological polar surface area (TPSA) is 81.4 Å². The van der Waals surface area contributed by atoms with E-state index in [4.69, 9.17) is 4.74 Å². The van der Waals surface area contributed by atoms with Crippen LogP contribution >= 0.6 is 0 Å². The summed E-state index contributed by atoms with van der Waals surface area (Å²) in [6.07, 6.45) is 1.29. The predicted octanol–water partition coefficient (Wildman–Crippen LogP) is 1.87. The maximum Gasteiger partial charge on any atom is 0.263 e. The summed E-state index contributed by atoms with van der Waals surface area (Å²) in [5.41, 5.74) is 0. The van der Waals surface area contributed by atoms with Gasteiger partial charge in [0.1, 0.15) is 12.0 Å². The average Bonchev–Trinajstić information content (AvgIpc) is 2.82. The monoisotopic (exact) mass is 268 g/mol. The molecule has 0 aliphatic rings. The number of sulfonamides is 1. The number of ether oxygens (including phenoxy) is 1. The van der Waals surface area contributed by atoms with Gasteiger partial charge in [0.15, 0.2) is 5.82 Å². The van der Waals surface area contributed by atoms with Gasteiger partial charge in [-0.3, -0.25) is 4.72 Å². The largest absolute Gasteiger partial charge is 0.494 e. The number of rotatable bonds is 5. The van der Waals surface area contributed by atoms with Crippen molar-refractivity contribution in [1.29, 1.82) is 0 Å². The van der Waals surface area contributed by atoms with Crippen molar-refractivity contribution in [2.75, 3.05) is 11.3 Å². The number of benzene rings is 1. The third kappa shape index (κ3) is 2.80. The molecule has 1 aromatic carbocycles. The molecule has 2 aromatic rings. The van der Waals surface area contributed by atoms with Crippen molar-refractivity contribution in [1.82, 2.24) is 5.16 Å². The molecular formula is C11H12N2O4S. The Kier molecular flexibility index (Phi) is 3.52. The molecule has 0 radical (unpaired) electrons. The van der Waals surface area contributed by atoms with Gasteiger partial charge in [0, 0.05) is 6.07 Å². The molecule has 0 aliphatic carbocycles. The van der Waals surface area contributed by atoms with Crippen LogP contribution in [0.15, 0.2) is 46.0 Å². The molecular weight excluding hydrogens is 256 g/mol. The van der Waals surface area contributed by atoms with Crippen LogP contribution in [0.25, 0.3) is 0 Å². The summed E-state index contributed by atoms with van der Waals surface area (Å²) in [7, 11) is -3.64. The fourth-order valence-corrected chi connectivity index (χ4v) is 2.34. The van der Waals surface area contributed by atoms with Crippen LogP contribution < -0.4 is 9.46 Å². The van der Waals surface area contributed by atoms with E-state index in [9.17, 15) is 8.42 Å². The van der Waals surface area contributed by atoms with Crippen LogP contribution in [0.3, 0.4) is 0 Å². The first-order valence-corrected chi connectivity index (χ1v) is 6.76. The van der Waals surface area contributed by atoms with Gasteiger partial charge in [-0.2, -0.15) is 0 Å². The van der Waals surface area contributed by atoms with Crippen molar-refractivity contribution in [3.05, 3.63) is 36.6 Å². The number of nitrogens with one attached hydrogen (secondary N) is 1. The van der Waals surface area contributed by atoms with Gasteiger partial charge < -0.3 is 9.26 Å². The third-order valence-corrected chi connectivity index (χ3v) is 3.49. The van der Waals surface area contributed by atoms with Crippen molar-refractivity contribution in [2.24, 2.45) is 0 Å². The predicted molar refractivity (Wildman–Crippen MR) is 64.9 cm³/mol. The molecule has 0 unspecified atom stereocenters. The van der Waals surface area contributed by atoms with Gasteiger partial charge in [-0.1, -0.05) is 5.16 Å². The first-order valence-electron chi connectivity index (χ1n) is 5.28. The van der Waals surface area contributed by atoms with Crippen LogP contribution in [0.5, 0.6) is 5.75 Å². The highest BCUT2D eigenvalue weighted by atomic mass is 32.2. The molecule has 1 heterocycles. The number of anilines is 1. The standard InChI is InChI=1S/C11H12N2O4S/c1-2-16-9-3-5-10(6-4-9)18(14,15)13-11-7-8-17-12-11/h3-8H,2H2,1H3,(H,12,13). The summed E-state index contributed by atoms with van der Waals surface area (Å²) in [5, 5.41) is 3.48. The van der Waals surface area contributed by atoms with E-state index in [1.807, 2.05) is 6.92 Å². The molecule has 0 bridgehead atoms. The van der Waals surface area contributed by atoms with E-state index in [0.29, 0.717) is 12.4 Å². The molecule has 0 spiro atoms. The van der Waals surface area contributed by atoms with Gasteiger partial charge in [0.25, 0.3) is 10.0 Å². The van der Waals surface area contributed by atoms with E-state index < -0.39 is 10.0 Å². The molecule has 0 saturated carbocycles. The van der Waals surface area contributed by atoms with Crippen LogP contribution in [0.1, 0.15) is 6.92 Å². The minimum absolute atomic E-state index is 0.133. The van der Waals surface area contributed by atoms with E-state index in [0.717, 1.165) is 0 Å². The van der Waals surface area contributed by atoms with E-state index in [2.05, 4.69) is 14.4 Å². The highest BCUT2D eigenvalue weighted by Gasteiger charge is 2.15. The second-order valence-corrected chi connectivity index (χ2v) is 5.08. The molecule has 0 saturated heterocycles. The zero-order chi connectivity index (χ0) is 13.0. The molecule has 0 aliphatic heterocycles. The Morgan fingerprint density at radius 3 is 2.56 bits per heavy atom. The third-order valence-electron chi connectivity index (χ3n) is 2.12. The maximum atomic E-state index is 11.9.